The number of benzene rings is 1. The number of nitrogens with zero attached hydrogens (tertiary/aromatic N) is 1. The molecule has 0 saturated heterocycles. The SMILES string of the molecule is O=[N+]([O-])c1cc(F)cc(F)c1NC1CCCc2occc21. The molecule has 3 rings (SSSR count). The lowest BCUT2D eigenvalue weighted by atomic mass is 9.93. The first-order chi connectivity index (χ1) is 10.1. The zero-order chi connectivity index (χ0) is 15.0. The highest BCUT2D eigenvalue weighted by atomic mass is 19.1. The number of nitro benzene ring substituents is 1. The van der Waals surface area contributed by atoms with Crippen LogP contribution >= 0.6 is 0 Å². The van der Waals surface area contributed by atoms with Crippen LogP contribution in [0.1, 0.15) is 30.2 Å². The van der Waals surface area contributed by atoms with Crippen LogP contribution in [0.2, 0.25) is 0 Å². The molecule has 0 radical (unpaired) electrons. The van der Waals surface area contributed by atoms with Gasteiger partial charge >= 0.3 is 0 Å². The van der Waals surface area contributed by atoms with Crippen LogP contribution in [0, 0.1) is 21.7 Å². The highest BCUT2D eigenvalue weighted by molar-refractivity contribution is 5.63. The summed E-state index contributed by atoms with van der Waals surface area (Å²) in [6, 6.07) is 2.82. The minimum atomic E-state index is -0.975. The average molecular weight is 294 g/mol. The Labute approximate surface area is 118 Å². The lowest BCUT2D eigenvalue weighted by molar-refractivity contribution is -0.384. The second kappa shape index (κ2) is 5.16. The fourth-order valence-corrected chi connectivity index (χ4v) is 2.66. The summed E-state index contributed by atoms with van der Waals surface area (Å²) < 4.78 is 32.4. The molecule has 7 heteroatoms. The van der Waals surface area contributed by atoms with Crippen molar-refractivity contribution < 1.29 is 18.1 Å². The quantitative estimate of drug-likeness (QED) is 0.687. The van der Waals surface area contributed by atoms with Gasteiger partial charge in [0, 0.05) is 18.1 Å². The van der Waals surface area contributed by atoms with E-state index in [1.165, 1.54) is 0 Å². The lowest BCUT2D eigenvalue weighted by Crippen LogP contribution is -2.17. The van der Waals surface area contributed by atoms with Crippen LogP contribution in [0.15, 0.2) is 28.9 Å². The van der Waals surface area contributed by atoms with Crippen molar-refractivity contribution in [2.24, 2.45) is 0 Å². The van der Waals surface area contributed by atoms with Crippen LogP contribution in [0.3, 0.4) is 0 Å². The molecule has 1 aliphatic carbocycles. The molecule has 1 aromatic heterocycles. The van der Waals surface area contributed by atoms with E-state index in [2.05, 4.69) is 5.32 Å². The maximum atomic E-state index is 13.9. The van der Waals surface area contributed by atoms with Gasteiger partial charge in [0.15, 0.2) is 5.82 Å². The number of nitrogens with one attached hydrogen (secondary N) is 1. The Bertz CT molecular complexity index is 700. The molecule has 0 spiro atoms. The molecular formula is C14H12F2N2O3. The smallest absolute Gasteiger partial charge is 0.298 e. The molecule has 0 amide bonds. The van der Waals surface area contributed by atoms with Gasteiger partial charge in [0.2, 0.25) is 0 Å². The van der Waals surface area contributed by atoms with E-state index < -0.39 is 22.2 Å². The van der Waals surface area contributed by atoms with Gasteiger partial charge in [-0.05, 0) is 18.9 Å². The number of hydrogen-bond donors (Lipinski definition) is 1. The maximum absolute atomic E-state index is 13.9. The van der Waals surface area contributed by atoms with Crippen LogP contribution in [-0.4, -0.2) is 4.92 Å². The van der Waals surface area contributed by atoms with Crippen LogP contribution in [0.5, 0.6) is 0 Å². The number of hydrogen-bond acceptors (Lipinski definition) is 4. The van der Waals surface area contributed by atoms with E-state index in [4.69, 9.17) is 4.42 Å². The van der Waals surface area contributed by atoms with Crippen molar-refractivity contribution >= 4 is 11.4 Å². The van der Waals surface area contributed by atoms with Crippen molar-refractivity contribution in [3.05, 3.63) is 57.5 Å². The average Bonchev–Trinajstić information content (AvgIpc) is 2.90. The summed E-state index contributed by atoms with van der Waals surface area (Å²) >= 11 is 0. The molecule has 110 valence electrons. The number of halogens is 2. The standard InChI is InChI=1S/C14H12F2N2O3/c15-8-6-10(16)14(12(7-8)18(19)20)17-11-2-1-3-13-9(11)4-5-21-13/h4-7,11,17H,1-3H2. The van der Waals surface area contributed by atoms with Crippen molar-refractivity contribution in [1.82, 2.24) is 0 Å². The number of nitro groups is 1. The van der Waals surface area contributed by atoms with Gasteiger partial charge in [0.05, 0.1) is 23.3 Å². The molecule has 1 atom stereocenters. The molecule has 1 unspecified atom stereocenters. The van der Waals surface area contributed by atoms with E-state index >= 15 is 0 Å². The summed E-state index contributed by atoms with van der Waals surface area (Å²) in [6.45, 7) is 0. The van der Waals surface area contributed by atoms with Crippen LogP contribution < -0.4 is 5.32 Å². The van der Waals surface area contributed by atoms with Gasteiger partial charge in [-0.2, -0.15) is 0 Å². The summed E-state index contributed by atoms with van der Waals surface area (Å²) in [5.74, 6) is -1.15. The molecular weight excluding hydrogens is 282 g/mol. The predicted octanol–water partition coefficient (Wildman–Crippen LogP) is 3.96. The number of rotatable bonds is 3. The first-order valence-electron chi connectivity index (χ1n) is 6.52. The topological polar surface area (TPSA) is 68.3 Å². The lowest BCUT2D eigenvalue weighted by Gasteiger charge is -2.23. The first-order valence-corrected chi connectivity index (χ1v) is 6.52. The normalized spacial score (nSPS) is 17.3. The monoisotopic (exact) mass is 294 g/mol. The molecule has 0 fully saturated rings. The van der Waals surface area contributed by atoms with Gasteiger partial charge in [-0.1, -0.05) is 0 Å². The molecule has 5 nitrogen and oxygen atoms in total. The molecule has 1 N–H and O–H groups in total. The van der Waals surface area contributed by atoms with Gasteiger partial charge in [-0.25, -0.2) is 8.78 Å². The Morgan fingerprint density at radius 2 is 2.19 bits per heavy atom. The highest BCUT2D eigenvalue weighted by Gasteiger charge is 2.27. The van der Waals surface area contributed by atoms with Crippen LogP contribution in [0.25, 0.3) is 0 Å². The number of anilines is 1. The summed E-state index contributed by atoms with van der Waals surface area (Å²) in [6.07, 6.45) is 3.85. The summed E-state index contributed by atoms with van der Waals surface area (Å²) in [7, 11) is 0. The second-order valence-electron chi connectivity index (χ2n) is 4.93. The van der Waals surface area contributed by atoms with Gasteiger partial charge < -0.3 is 9.73 Å². The zero-order valence-corrected chi connectivity index (χ0v) is 10.9. The Hall–Kier alpha value is -2.44. The van der Waals surface area contributed by atoms with Crippen LogP contribution in [0.4, 0.5) is 20.2 Å². The number of fused-ring (bicyclic) bond motifs is 1. The molecule has 21 heavy (non-hydrogen) atoms. The van der Waals surface area contributed by atoms with E-state index in [0.29, 0.717) is 18.6 Å². The molecule has 1 aliphatic rings. The van der Waals surface area contributed by atoms with E-state index in [9.17, 15) is 18.9 Å². The summed E-state index contributed by atoms with van der Waals surface area (Å²) in [4.78, 5) is 10.2. The third-order valence-corrected chi connectivity index (χ3v) is 3.60. The van der Waals surface area contributed by atoms with Crippen molar-refractivity contribution in [1.29, 1.82) is 0 Å². The van der Waals surface area contributed by atoms with Gasteiger partial charge in [0.1, 0.15) is 17.3 Å². The summed E-state index contributed by atoms with van der Waals surface area (Å²) in [5, 5.41) is 13.8. The minimum Gasteiger partial charge on any atom is -0.469 e. The zero-order valence-electron chi connectivity index (χ0n) is 10.9. The van der Waals surface area contributed by atoms with E-state index in [1.807, 2.05) is 0 Å². The van der Waals surface area contributed by atoms with Crippen molar-refractivity contribution in [3.8, 4) is 0 Å². The largest absolute Gasteiger partial charge is 0.469 e. The Balaban J connectivity index is 1.98. The van der Waals surface area contributed by atoms with Crippen molar-refractivity contribution in [2.75, 3.05) is 5.32 Å². The third-order valence-electron chi connectivity index (χ3n) is 3.60. The second-order valence-corrected chi connectivity index (χ2v) is 4.93. The molecule has 2 aromatic rings. The summed E-state index contributed by atoms with van der Waals surface area (Å²) in [5.41, 5.74) is -0.0390. The molecule has 0 aliphatic heterocycles. The fraction of sp³-hybridized carbons (Fsp3) is 0.286. The highest BCUT2D eigenvalue weighted by Crippen LogP contribution is 2.37. The van der Waals surface area contributed by atoms with E-state index in [0.717, 1.165) is 24.2 Å². The molecule has 0 saturated carbocycles. The third kappa shape index (κ3) is 2.46. The van der Waals surface area contributed by atoms with Gasteiger partial charge in [-0.3, -0.25) is 10.1 Å². The molecule has 1 aromatic carbocycles. The molecule has 1 heterocycles. The fourth-order valence-electron chi connectivity index (χ4n) is 2.66. The maximum Gasteiger partial charge on any atom is 0.298 e. The predicted molar refractivity (Wildman–Crippen MR) is 71.0 cm³/mol. The van der Waals surface area contributed by atoms with Gasteiger partial charge in [0.25, 0.3) is 5.69 Å². The Morgan fingerprint density at radius 3 is 2.95 bits per heavy atom. The Morgan fingerprint density at radius 1 is 1.38 bits per heavy atom. The van der Waals surface area contributed by atoms with E-state index in [1.54, 1.807) is 12.3 Å². The van der Waals surface area contributed by atoms with E-state index in [-0.39, 0.29) is 11.7 Å². The molecule has 0 bridgehead atoms. The minimum absolute atomic E-state index is 0.286. The van der Waals surface area contributed by atoms with Gasteiger partial charge in [-0.15, -0.1) is 0 Å². The number of aryl methyl sites for hydroxylation is 1. The first kappa shape index (κ1) is 13.5. The van der Waals surface area contributed by atoms with Crippen molar-refractivity contribution in [2.45, 2.75) is 25.3 Å². The Kier molecular flexibility index (Phi) is 3.32. The number of furan rings is 1. The van der Waals surface area contributed by atoms with Crippen molar-refractivity contribution in [3.63, 3.8) is 0 Å². The van der Waals surface area contributed by atoms with Crippen LogP contribution in [-0.2, 0) is 6.42 Å².